The molecule has 0 aliphatic heterocycles. The van der Waals surface area contributed by atoms with Crippen molar-refractivity contribution in [2.75, 3.05) is 12.4 Å². The first-order valence-electron chi connectivity index (χ1n) is 4.99. The van der Waals surface area contributed by atoms with Gasteiger partial charge in [-0.1, -0.05) is 33.1 Å². The van der Waals surface area contributed by atoms with Crippen molar-refractivity contribution in [3.63, 3.8) is 0 Å². The average Bonchev–Trinajstić information content (AvgIpc) is 2.10. The minimum atomic E-state index is -0.0643. The highest BCUT2D eigenvalue weighted by Gasteiger charge is 1.97. The fourth-order valence-corrected chi connectivity index (χ4v) is 1.22. The lowest BCUT2D eigenvalue weighted by Crippen LogP contribution is -2.25. The number of carbonyl (C=O) groups excluding carboxylic acids is 1. The van der Waals surface area contributed by atoms with Gasteiger partial charge in [0.05, 0.1) is 0 Å². The molecule has 0 aromatic rings. The molecule has 0 aromatic carbocycles. The lowest BCUT2D eigenvalue weighted by Gasteiger charge is -2.04. The summed E-state index contributed by atoms with van der Waals surface area (Å²) >= 11 is 5.32. The quantitative estimate of drug-likeness (QED) is 0.503. The van der Waals surface area contributed by atoms with Gasteiger partial charge >= 0.3 is 0 Å². The standard InChI is InChI=1S/C10H20ClNO/c1-9(2)6-4-3-5-7-12-10(13)8-11/h9H,3-8H2,1-2H3,(H,12,13). The molecule has 0 rings (SSSR count). The summed E-state index contributed by atoms with van der Waals surface area (Å²) in [6.07, 6.45) is 4.80. The van der Waals surface area contributed by atoms with Gasteiger partial charge < -0.3 is 5.32 Å². The number of hydrogen-bond donors (Lipinski definition) is 1. The first-order valence-corrected chi connectivity index (χ1v) is 5.53. The molecule has 0 radical (unpaired) electrons. The van der Waals surface area contributed by atoms with E-state index in [9.17, 15) is 4.79 Å². The number of hydrogen-bond acceptors (Lipinski definition) is 1. The fourth-order valence-electron chi connectivity index (χ4n) is 1.13. The van der Waals surface area contributed by atoms with Crippen LogP contribution in [0.1, 0.15) is 39.5 Å². The van der Waals surface area contributed by atoms with Gasteiger partial charge in [0, 0.05) is 6.54 Å². The topological polar surface area (TPSA) is 29.1 Å². The van der Waals surface area contributed by atoms with Crippen molar-refractivity contribution < 1.29 is 4.79 Å². The molecular weight excluding hydrogens is 186 g/mol. The van der Waals surface area contributed by atoms with Crippen LogP contribution in [0.25, 0.3) is 0 Å². The maximum Gasteiger partial charge on any atom is 0.234 e. The third-order valence-electron chi connectivity index (χ3n) is 1.90. The van der Waals surface area contributed by atoms with Crippen LogP contribution in [0, 0.1) is 5.92 Å². The molecular formula is C10H20ClNO. The highest BCUT2D eigenvalue weighted by molar-refractivity contribution is 6.27. The van der Waals surface area contributed by atoms with Crippen LogP contribution in [0.2, 0.25) is 0 Å². The molecule has 0 aliphatic carbocycles. The van der Waals surface area contributed by atoms with E-state index in [0.717, 1.165) is 18.9 Å². The predicted molar refractivity (Wildman–Crippen MR) is 57.0 cm³/mol. The van der Waals surface area contributed by atoms with E-state index in [4.69, 9.17) is 11.6 Å². The van der Waals surface area contributed by atoms with Gasteiger partial charge in [0.1, 0.15) is 5.88 Å². The normalized spacial score (nSPS) is 10.5. The van der Waals surface area contributed by atoms with Crippen LogP contribution >= 0.6 is 11.6 Å². The molecule has 0 aromatic heterocycles. The molecule has 13 heavy (non-hydrogen) atoms. The maximum atomic E-state index is 10.7. The number of rotatable bonds is 7. The van der Waals surface area contributed by atoms with Crippen LogP contribution in [0.15, 0.2) is 0 Å². The Bertz CT molecular complexity index is 137. The summed E-state index contributed by atoms with van der Waals surface area (Å²) < 4.78 is 0. The zero-order valence-corrected chi connectivity index (χ0v) is 9.36. The summed E-state index contributed by atoms with van der Waals surface area (Å²) in [5, 5.41) is 2.75. The molecule has 0 saturated heterocycles. The lowest BCUT2D eigenvalue weighted by molar-refractivity contribution is -0.118. The van der Waals surface area contributed by atoms with E-state index < -0.39 is 0 Å². The van der Waals surface area contributed by atoms with Crippen LogP contribution in [-0.4, -0.2) is 18.3 Å². The van der Waals surface area contributed by atoms with Crippen molar-refractivity contribution in [1.82, 2.24) is 5.32 Å². The monoisotopic (exact) mass is 205 g/mol. The average molecular weight is 206 g/mol. The van der Waals surface area contributed by atoms with Gasteiger partial charge in [-0.2, -0.15) is 0 Å². The van der Waals surface area contributed by atoms with Crippen molar-refractivity contribution in [2.24, 2.45) is 5.92 Å². The van der Waals surface area contributed by atoms with Gasteiger partial charge in [-0.05, 0) is 12.3 Å². The molecule has 0 bridgehead atoms. The third kappa shape index (κ3) is 9.68. The van der Waals surface area contributed by atoms with Crippen molar-refractivity contribution in [2.45, 2.75) is 39.5 Å². The molecule has 0 spiro atoms. The van der Waals surface area contributed by atoms with E-state index in [1.54, 1.807) is 0 Å². The van der Waals surface area contributed by atoms with Gasteiger partial charge in [-0.25, -0.2) is 0 Å². The summed E-state index contributed by atoms with van der Waals surface area (Å²) in [5.41, 5.74) is 0. The second-order valence-electron chi connectivity index (χ2n) is 3.73. The van der Waals surface area contributed by atoms with Gasteiger partial charge in [-0.15, -0.1) is 11.6 Å². The zero-order chi connectivity index (χ0) is 10.1. The van der Waals surface area contributed by atoms with E-state index >= 15 is 0 Å². The van der Waals surface area contributed by atoms with Crippen LogP contribution in [0.5, 0.6) is 0 Å². The van der Waals surface area contributed by atoms with E-state index in [0.29, 0.717) is 0 Å². The number of carbonyl (C=O) groups is 1. The number of nitrogens with one attached hydrogen (secondary N) is 1. The van der Waals surface area contributed by atoms with Crippen molar-refractivity contribution in [1.29, 1.82) is 0 Å². The summed E-state index contributed by atoms with van der Waals surface area (Å²) in [6, 6.07) is 0. The number of amides is 1. The maximum absolute atomic E-state index is 10.7. The van der Waals surface area contributed by atoms with Gasteiger partial charge in [0.25, 0.3) is 0 Å². The molecule has 0 unspecified atom stereocenters. The molecule has 0 saturated carbocycles. The van der Waals surface area contributed by atoms with Crippen LogP contribution < -0.4 is 5.32 Å². The first-order chi connectivity index (χ1) is 6.16. The Morgan fingerprint density at radius 3 is 2.54 bits per heavy atom. The van der Waals surface area contributed by atoms with E-state index in [2.05, 4.69) is 19.2 Å². The summed E-state index contributed by atoms with van der Waals surface area (Å²) in [5.74, 6) is 0.800. The Morgan fingerprint density at radius 2 is 2.00 bits per heavy atom. The minimum Gasteiger partial charge on any atom is -0.355 e. The Balaban J connectivity index is 3.04. The van der Waals surface area contributed by atoms with E-state index in [1.165, 1.54) is 19.3 Å². The van der Waals surface area contributed by atoms with Crippen LogP contribution in [0.4, 0.5) is 0 Å². The molecule has 3 heteroatoms. The second-order valence-corrected chi connectivity index (χ2v) is 3.99. The van der Waals surface area contributed by atoms with Crippen molar-refractivity contribution in [3.05, 3.63) is 0 Å². The summed E-state index contributed by atoms with van der Waals surface area (Å²) in [7, 11) is 0. The van der Waals surface area contributed by atoms with E-state index in [-0.39, 0.29) is 11.8 Å². The molecule has 1 N–H and O–H groups in total. The summed E-state index contributed by atoms with van der Waals surface area (Å²) in [4.78, 5) is 10.7. The van der Waals surface area contributed by atoms with Gasteiger partial charge in [-0.3, -0.25) is 4.79 Å². The molecule has 78 valence electrons. The second kappa shape index (κ2) is 8.36. The molecule has 0 fully saturated rings. The largest absolute Gasteiger partial charge is 0.355 e. The first kappa shape index (κ1) is 12.8. The highest BCUT2D eigenvalue weighted by atomic mass is 35.5. The highest BCUT2D eigenvalue weighted by Crippen LogP contribution is 2.07. The van der Waals surface area contributed by atoms with Crippen molar-refractivity contribution in [3.8, 4) is 0 Å². The van der Waals surface area contributed by atoms with Gasteiger partial charge in [0.15, 0.2) is 0 Å². The summed E-state index contributed by atoms with van der Waals surface area (Å²) in [6.45, 7) is 5.23. The Labute approximate surface area is 86.0 Å². The molecule has 2 nitrogen and oxygen atoms in total. The SMILES string of the molecule is CC(C)CCCCCNC(=O)CCl. The van der Waals surface area contributed by atoms with Crippen LogP contribution in [0.3, 0.4) is 0 Å². The number of alkyl halides is 1. The molecule has 0 aliphatic rings. The number of halogens is 1. The van der Waals surface area contributed by atoms with Crippen molar-refractivity contribution >= 4 is 17.5 Å². The predicted octanol–water partition coefficient (Wildman–Crippen LogP) is 2.56. The molecule has 1 amide bonds. The third-order valence-corrected chi connectivity index (χ3v) is 2.14. The molecule has 0 heterocycles. The smallest absolute Gasteiger partial charge is 0.234 e. The zero-order valence-electron chi connectivity index (χ0n) is 8.61. The molecule has 0 atom stereocenters. The Kier molecular flexibility index (Phi) is 8.21. The Morgan fingerprint density at radius 1 is 1.31 bits per heavy atom. The van der Waals surface area contributed by atoms with E-state index in [1.807, 2.05) is 0 Å². The fraction of sp³-hybridized carbons (Fsp3) is 0.900. The Hall–Kier alpha value is -0.240. The minimum absolute atomic E-state index is 0.0643. The van der Waals surface area contributed by atoms with Crippen LogP contribution in [-0.2, 0) is 4.79 Å². The number of unbranched alkanes of at least 4 members (excludes halogenated alkanes) is 2. The lowest BCUT2D eigenvalue weighted by atomic mass is 10.1. The van der Waals surface area contributed by atoms with Gasteiger partial charge in [0.2, 0.25) is 5.91 Å².